The van der Waals surface area contributed by atoms with E-state index in [2.05, 4.69) is 27.1 Å². The molecule has 3 aromatic heterocycles. The fourth-order valence-electron chi connectivity index (χ4n) is 3.38. The number of anilines is 1. The molecule has 0 bridgehead atoms. The molecule has 0 radical (unpaired) electrons. The second kappa shape index (κ2) is 6.81. The van der Waals surface area contributed by atoms with E-state index in [1.807, 2.05) is 59.4 Å². The van der Waals surface area contributed by atoms with Crippen LogP contribution in [0.2, 0.25) is 0 Å². The zero-order chi connectivity index (χ0) is 18.1. The average molecular weight is 357 g/mol. The molecule has 4 aromatic rings. The molecule has 0 aliphatic carbocycles. The van der Waals surface area contributed by atoms with Crippen molar-refractivity contribution in [2.75, 3.05) is 31.2 Å². The van der Waals surface area contributed by atoms with E-state index in [0.29, 0.717) is 0 Å². The Kier molecular flexibility index (Phi) is 4.03. The van der Waals surface area contributed by atoms with E-state index in [0.717, 1.165) is 59.9 Å². The van der Waals surface area contributed by atoms with Crippen LogP contribution in [0.1, 0.15) is 11.4 Å². The minimum atomic E-state index is 0.746. The van der Waals surface area contributed by atoms with Gasteiger partial charge in [0.1, 0.15) is 0 Å². The molecule has 1 aliphatic rings. The van der Waals surface area contributed by atoms with Gasteiger partial charge in [-0.3, -0.25) is 0 Å². The van der Waals surface area contributed by atoms with Gasteiger partial charge < -0.3 is 9.64 Å². The average Bonchev–Trinajstić information content (AvgIpc) is 3.16. The summed E-state index contributed by atoms with van der Waals surface area (Å²) in [6, 6.07) is 14.2. The smallest absolute Gasteiger partial charge is 0.177 e. The standard InChI is InChI=1S/C21H19N5O/c1-2-4-19-16(3-1)5-6-17(23-19)7-8-18-15-26-21(24-18)20(9-10-22-26)25-11-13-27-14-12-25/h1-10,15H,11-14H2/b8-7+. The molecule has 0 saturated carbocycles. The highest BCUT2D eigenvalue weighted by Gasteiger charge is 2.15. The highest BCUT2D eigenvalue weighted by atomic mass is 16.5. The third-order valence-corrected chi connectivity index (χ3v) is 4.76. The Balaban J connectivity index is 1.46. The monoisotopic (exact) mass is 357 g/mol. The third kappa shape index (κ3) is 3.15. The number of hydrogen-bond acceptors (Lipinski definition) is 5. The number of pyridine rings is 1. The van der Waals surface area contributed by atoms with Crippen LogP contribution in [0, 0.1) is 0 Å². The van der Waals surface area contributed by atoms with Crippen molar-refractivity contribution in [2.24, 2.45) is 0 Å². The quantitative estimate of drug-likeness (QED) is 0.563. The van der Waals surface area contributed by atoms with Crippen LogP contribution in [0.4, 0.5) is 5.69 Å². The Bertz CT molecular complexity index is 1130. The van der Waals surface area contributed by atoms with Crippen molar-refractivity contribution in [1.82, 2.24) is 19.6 Å². The van der Waals surface area contributed by atoms with Gasteiger partial charge in [-0.05, 0) is 30.4 Å². The molecule has 0 amide bonds. The lowest BCUT2D eigenvalue weighted by Crippen LogP contribution is -2.36. The first-order chi connectivity index (χ1) is 13.4. The maximum atomic E-state index is 5.45. The summed E-state index contributed by atoms with van der Waals surface area (Å²) in [5.41, 5.74) is 4.72. The van der Waals surface area contributed by atoms with E-state index in [-0.39, 0.29) is 0 Å². The first-order valence-corrected chi connectivity index (χ1v) is 9.08. The lowest BCUT2D eigenvalue weighted by Gasteiger charge is -2.28. The van der Waals surface area contributed by atoms with Crippen LogP contribution in [0.3, 0.4) is 0 Å². The zero-order valence-corrected chi connectivity index (χ0v) is 14.8. The Labute approximate surface area is 156 Å². The number of ether oxygens (including phenoxy) is 1. The van der Waals surface area contributed by atoms with Crippen molar-refractivity contribution in [3.63, 3.8) is 0 Å². The van der Waals surface area contributed by atoms with E-state index < -0.39 is 0 Å². The molecule has 134 valence electrons. The minimum absolute atomic E-state index is 0.746. The molecule has 4 heterocycles. The Morgan fingerprint density at radius 1 is 0.889 bits per heavy atom. The molecule has 27 heavy (non-hydrogen) atoms. The van der Waals surface area contributed by atoms with E-state index in [1.165, 1.54) is 0 Å². The molecule has 1 fully saturated rings. The number of nitrogens with zero attached hydrogens (tertiary/aromatic N) is 5. The zero-order valence-electron chi connectivity index (χ0n) is 14.8. The van der Waals surface area contributed by atoms with Gasteiger partial charge in [-0.25, -0.2) is 14.5 Å². The predicted molar refractivity (Wildman–Crippen MR) is 107 cm³/mol. The number of hydrogen-bond donors (Lipinski definition) is 0. The van der Waals surface area contributed by atoms with Crippen molar-refractivity contribution >= 4 is 34.4 Å². The Morgan fingerprint density at radius 2 is 1.74 bits per heavy atom. The summed E-state index contributed by atoms with van der Waals surface area (Å²) < 4.78 is 7.29. The normalized spacial score (nSPS) is 15.2. The number of para-hydroxylation sites is 1. The molecule has 5 rings (SSSR count). The van der Waals surface area contributed by atoms with Gasteiger partial charge in [-0.15, -0.1) is 0 Å². The van der Waals surface area contributed by atoms with E-state index >= 15 is 0 Å². The summed E-state index contributed by atoms with van der Waals surface area (Å²) in [6.07, 6.45) is 7.73. The van der Waals surface area contributed by atoms with Crippen molar-refractivity contribution in [1.29, 1.82) is 0 Å². The molecule has 1 aliphatic heterocycles. The summed E-state index contributed by atoms with van der Waals surface area (Å²) in [7, 11) is 0. The number of aromatic nitrogens is 4. The molecule has 0 N–H and O–H groups in total. The van der Waals surface area contributed by atoms with Gasteiger partial charge in [0.2, 0.25) is 0 Å². The minimum Gasteiger partial charge on any atom is -0.378 e. The fraction of sp³-hybridized carbons (Fsp3) is 0.190. The van der Waals surface area contributed by atoms with E-state index in [1.54, 1.807) is 0 Å². The second-order valence-corrected chi connectivity index (χ2v) is 6.51. The largest absolute Gasteiger partial charge is 0.378 e. The van der Waals surface area contributed by atoms with Crippen LogP contribution in [0.5, 0.6) is 0 Å². The lowest BCUT2D eigenvalue weighted by molar-refractivity contribution is 0.123. The highest BCUT2D eigenvalue weighted by molar-refractivity contribution is 5.81. The van der Waals surface area contributed by atoms with Gasteiger partial charge in [-0.2, -0.15) is 5.10 Å². The van der Waals surface area contributed by atoms with Crippen molar-refractivity contribution < 1.29 is 4.74 Å². The van der Waals surface area contributed by atoms with Crippen LogP contribution < -0.4 is 4.90 Å². The van der Waals surface area contributed by atoms with Gasteiger partial charge in [0.25, 0.3) is 0 Å². The van der Waals surface area contributed by atoms with E-state index in [4.69, 9.17) is 9.72 Å². The maximum absolute atomic E-state index is 5.45. The number of imidazole rings is 1. The Morgan fingerprint density at radius 3 is 2.67 bits per heavy atom. The van der Waals surface area contributed by atoms with Crippen LogP contribution >= 0.6 is 0 Å². The molecule has 6 heteroatoms. The number of morpholine rings is 1. The Hall–Kier alpha value is -3.25. The van der Waals surface area contributed by atoms with Gasteiger partial charge in [-0.1, -0.05) is 24.3 Å². The maximum Gasteiger partial charge on any atom is 0.177 e. The highest BCUT2D eigenvalue weighted by Crippen LogP contribution is 2.22. The van der Waals surface area contributed by atoms with Gasteiger partial charge in [0.05, 0.1) is 48.2 Å². The van der Waals surface area contributed by atoms with E-state index in [9.17, 15) is 0 Å². The molecule has 6 nitrogen and oxygen atoms in total. The van der Waals surface area contributed by atoms with Gasteiger partial charge >= 0.3 is 0 Å². The summed E-state index contributed by atoms with van der Waals surface area (Å²) in [4.78, 5) is 11.7. The second-order valence-electron chi connectivity index (χ2n) is 6.51. The topological polar surface area (TPSA) is 55.5 Å². The van der Waals surface area contributed by atoms with Crippen LogP contribution in [0.25, 0.3) is 28.7 Å². The van der Waals surface area contributed by atoms with Crippen LogP contribution in [0.15, 0.2) is 54.9 Å². The summed E-state index contributed by atoms with van der Waals surface area (Å²) >= 11 is 0. The number of rotatable bonds is 3. The predicted octanol–water partition coefficient (Wildman–Crippen LogP) is 3.28. The third-order valence-electron chi connectivity index (χ3n) is 4.76. The number of benzene rings is 1. The molecule has 1 aromatic carbocycles. The molecular formula is C21H19N5O. The van der Waals surface area contributed by atoms with Crippen molar-refractivity contribution in [3.8, 4) is 0 Å². The number of fused-ring (bicyclic) bond motifs is 2. The first-order valence-electron chi connectivity index (χ1n) is 9.08. The molecular weight excluding hydrogens is 338 g/mol. The molecule has 1 saturated heterocycles. The fourth-order valence-corrected chi connectivity index (χ4v) is 3.38. The molecule has 0 atom stereocenters. The van der Waals surface area contributed by atoms with Crippen LogP contribution in [-0.4, -0.2) is 45.9 Å². The van der Waals surface area contributed by atoms with Crippen molar-refractivity contribution in [2.45, 2.75) is 0 Å². The lowest BCUT2D eigenvalue weighted by atomic mass is 10.2. The SMILES string of the molecule is C(=C\c1cn2nccc(N3CCOCC3)c2n1)/c1ccc2ccccc2n1. The molecule has 0 unspecified atom stereocenters. The first kappa shape index (κ1) is 16.0. The summed E-state index contributed by atoms with van der Waals surface area (Å²) in [5, 5.41) is 5.54. The summed E-state index contributed by atoms with van der Waals surface area (Å²) in [6.45, 7) is 3.24. The van der Waals surface area contributed by atoms with Gasteiger partial charge in [0, 0.05) is 18.5 Å². The van der Waals surface area contributed by atoms with Gasteiger partial charge in [0.15, 0.2) is 5.65 Å². The van der Waals surface area contributed by atoms with Crippen molar-refractivity contribution in [3.05, 3.63) is 66.2 Å². The summed E-state index contributed by atoms with van der Waals surface area (Å²) in [5.74, 6) is 0. The molecule has 0 spiro atoms. The van der Waals surface area contributed by atoms with Crippen LogP contribution in [-0.2, 0) is 4.74 Å².